The van der Waals surface area contributed by atoms with E-state index < -0.39 is 0 Å². The Kier molecular flexibility index (Phi) is 3.82. The number of hydrogen-bond acceptors (Lipinski definition) is 5. The van der Waals surface area contributed by atoms with E-state index in [1.54, 1.807) is 17.1 Å². The lowest BCUT2D eigenvalue weighted by atomic mass is 10.1. The molecule has 6 nitrogen and oxygen atoms in total. The van der Waals surface area contributed by atoms with Crippen LogP contribution in [-0.2, 0) is 0 Å². The van der Waals surface area contributed by atoms with Gasteiger partial charge in [-0.1, -0.05) is 19.8 Å². The van der Waals surface area contributed by atoms with Gasteiger partial charge in [-0.3, -0.25) is 0 Å². The first-order valence-electron chi connectivity index (χ1n) is 6.92. The van der Waals surface area contributed by atoms with Crippen LogP contribution in [0.4, 0.5) is 5.95 Å². The van der Waals surface area contributed by atoms with E-state index in [2.05, 4.69) is 32.3 Å². The highest BCUT2D eigenvalue weighted by atomic mass is 35.5. The minimum atomic E-state index is 0.175. The SMILES string of the molecule is CCC(CC1CC1)Nc1nc(Cl)nc(-n2cccn2)n1. The minimum Gasteiger partial charge on any atom is -0.351 e. The fourth-order valence-electron chi connectivity index (χ4n) is 2.16. The molecule has 1 N–H and O–H groups in total. The quantitative estimate of drug-likeness (QED) is 0.886. The number of hydrogen-bond donors (Lipinski definition) is 1. The molecule has 0 bridgehead atoms. The lowest BCUT2D eigenvalue weighted by molar-refractivity contribution is 0.582. The predicted octanol–water partition coefficient (Wildman–Crippen LogP) is 2.70. The van der Waals surface area contributed by atoms with Gasteiger partial charge >= 0.3 is 0 Å². The molecule has 2 aromatic heterocycles. The van der Waals surface area contributed by atoms with Gasteiger partial charge in [-0.15, -0.1) is 0 Å². The number of nitrogens with one attached hydrogen (secondary N) is 1. The van der Waals surface area contributed by atoms with Crippen LogP contribution in [0.3, 0.4) is 0 Å². The Morgan fingerprint density at radius 1 is 1.40 bits per heavy atom. The van der Waals surface area contributed by atoms with Gasteiger partial charge in [0, 0.05) is 18.4 Å². The number of rotatable bonds is 6. The first-order valence-corrected chi connectivity index (χ1v) is 7.30. The van der Waals surface area contributed by atoms with Crippen molar-refractivity contribution in [2.45, 2.75) is 38.6 Å². The van der Waals surface area contributed by atoms with Gasteiger partial charge in [-0.05, 0) is 36.4 Å². The molecule has 0 spiro atoms. The Morgan fingerprint density at radius 2 is 2.25 bits per heavy atom. The average Bonchev–Trinajstić information content (AvgIpc) is 3.07. The van der Waals surface area contributed by atoms with Crippen molar-refractivity contribution in [3.8, 4) is 5.95 Å². The minimum absolute atomic E-state index is 0.175. The van der Waals surface area contributed by atoms with Crippen LogP contribution in [0.1, 0.15) is 32.6 Å². The van der Waals surface area contributed by atoms with Crippen LogP contribution in [0.2, 0.25) is 5.28 Å². The van der Waals surface area contributed by atoms with Crippen LogP contribution in [0.5, 0.6) is 0 Å². The predicted molar refractivity (Wildman–Crippen MR) is 77.0 cm³/mol. The number of nitrogens with zero attached hydrogens (tertiary/aromatic N) is 5. The maximum absolute atomic E-state index is 5.97. The van der Waals surface area contributed by atoms with E-state index in [1.165, 1.54) is 12.8 Å². The van der Waals surface area contributed by atoms with Gasteiger partial charge in [-0.2, -0.15) is 20.1 Å². The zero-order chi connectivity index (χ0) is 13.9. The van der Waals surface area contributed by atoms with E-state index >= 15 is 0 Å². The second-order valence-electron chi connectivity index (χ2n) is 5.11. The third-order valence-electron chi connectivity index (χ3n) is 3.45. The molecule has 1 unspecified atom stereocenters. The van der Waals surface area contributed by atoms with Gasteiger partial charge in [0.15, 0.2) is 0 Å². The van der Waals surface area contributed by atoms with Gasteiger partial charge < -0.3 is 5.32 Å². The third-order valence-corrected chi connectivity index (χ3v) is 3.62. The zero-order valence-electron chi connectivity index (χ0n) is 11.3. The molecular weight excluding hydrogens is 276 g/mol. The van der Waals surface area contributed by atoms with E-state index in [1.807, 2.05) is 6.07 Å². The number of anilines is 1. The average molecular weight is 293 g/mol. The molecule has 1 aliphatic rings. The van der Waals surface area contributed by atoms with E-state index in [4.69, 9.17) is 11.6 Å². The maximum atomic E-state index is 5.97. The third kappa shape index (κ3) is 3.25. The Balaban J connectivity index is 1.78. The van der Waals surface area contributed by atoms with Crippen molar-refractivity contribution >= 4 is 17.5 Å². The highest BCUT2D eigenvalue weighted by Gasteiger charge is 2.25. The zero-order valence-corrected chi connectivity index (χ0v) is 12.1. The lowest BCUT2D eigenvalue weighted by Crippen LogP contribution is -2.21. The molecule has 1 atom stereocenters. The van der Waals surface area contributed by atoms with Gasteiger partial charge in [0.1, 0.15) is 0 Å². The van der Waals surface area contributed by atoms with Crippen LogP contribution < -0.4 is 5.32 Å². The van der Waals surface area contributed by atoms with Crippen molar-refractivity contribution in [3.63, 3.8) is 0 Å². The van der Waals surface area contributed by atoms with Crippen LogP contribution >= 0.6 is 11.6 Å². The van der Waals surface area contributed by atoms with E-state index in [0.717, 1.165) is 18.8 Å². The normalized spacial score (nSPS) is 16.1. The summed E-state index contributed by atoms with van der Waals surface area (Å²) in [6, 6.07) is 2.19. The van der Waals surface area contributed by atoms with Crippen molar-refractivity contribution in [2.24, 2.45) is 5.92 Å². The summed E-state index contributed by atoms with van der Waals surface area (Å²) in [4.78, 5) is 12.6. The molecule has 0 aromatic carbocycles. The lowest BCUT2D eigenvalue weighted by Gasteiger charge is -2.16. The molecule has 0 saturated heterocycles. The first-order chi connectivity index (χ1) is 9.74. The summed E-state index contributed by atoms with van der Waals surface area (Å²) in [6.07, 6.45) is 8.33. The largest absolute Gasteiger partial charge is 0.351 e. The summed E-state index contributed by atoms with van der Waals surface area (Å²) < 4.78 is 1.57. The standard InChI is InChI=1S/C13H17ClN6/c1-2-10(8-9-4-5-9)16-12-17-11(14)18-13(19-12)20-7-3-6-15-20/h3,6-7,9-10H,2,4-5,8H2,1H3,(H,16,17,18,19). The Morgan fingerprint density at radius 3 is 2.90 bits per heavy atom. The van der Waals surface area contributed by atoms with Crippen molar-refractivity contribution < 1.29 is 0 Å². The van der Waals surface area contributed by atoms with Crippen molar-refractivity contribution in [3.05, 3.63) is 23.7 Å². The Labute approximate surface area is 122 Å². The molecule has 1 fully saturated rings. The summed E-state index contributed by atoms with van der Waals surface area (Å²) >= 11 is 5.97. The van der Waals surface area contributed by atoms with Crippen LogP contribution in [0.15, 0.2) is 18.5 Å². The van der Waals surface area contributed by atoms with Crippen molar-refractivity contribution in [1.82, 2.24) is 24.7 Å². The fraction of sp³-hybridized carbons (Fsp3) is 0.538. The van der Waals surface area contributed by atoms with Gasteiger partial charge in [0.2, 0.25) is 11.2 Å². The summed E-state index contributed by atoms with van der Waals surface area (Å²) in [5.41, 5.74) is 0. The monoisotopic (exact) mass is 292 g/mol. The Bertz CT molecular complexity index is 566. The molecular formula is C13H17ClN6. The van der Waals surface area contributed by atoms with Crippen molar-refractivity contribution in [2.75, 3.05) is 5.32 Å². The van der Waals surface area contributed by atoms with E-state index in [9.17, 15) is 0 Å². The number of aromatic nitrogens is 5. The Hall–Kier alpha value is -1.69. The molecule has 0 radical (unpaired) electrons. The topological polar surface area (TPSA) is 68.5 Å². The van der Waals surface area contributed by atoms with Crippen LogP contribution in [0, 0.1) is 5.92 Å². The fourth-order valence-corrected chi connectivity index (χ4v) is 2.32. The smallest absolute Gasteiger partial charge is 0.256 e. The van der Waals surface area contributed by atoms with Gasteiger partial charge in [0.05, 0.1) is 0 Å². The molecule has 20 heavy (non-hydrogen) atoms. The molecule has 0 amide bonds. The molecule has 3 rings (SSSR count). The maximum Gasteiger partial charge on any atom is 0.256 e. The second-order valence-corrected chi connectivity index (χ2v) is 5.45. The first kappa shape index (κ1) is 13.3. The summed E-state index contributed by atoms with van der Waals surface area (Å²) in [5, 5.41) is 7.63. The molecule has 7 heteroatoms. The van der Waals surface area contributed by atoms with E-state index in [0.29, 0.717) is 17.9 Å². The van der Waals surface area contributed by atoms with Crippen LogP contribution in [-0.4, -0.2) is 30.8 Å². The molecule has 1 aliphatic carbocycles. The highest BCUT2D eigenvalue weighted by Crippen LogP contribution is 2.34. The van der Waals surface area contributed by atoms with Crippen LogP contribution in [0.25, 0.3) is 5.95 Å². The highest BCUT2D eigenvalue weighted by molar-refractivity contribution is 6.28. The number of halogens is 1. The van der Waals surface area contributed by atoms with Gasteiger partial charge in [-0.25, -0.2) is 4.68 Å². The second kappa shape index (κ2) is 5.75. The van der Waals surface area contributed by atoms with E-state index in [-0.39, 0.29) is 5.28 Å². The summed E-state index contributed by atoms with van der Waals surface area (Å²) in [7, 11) is 0. The molecule has 0 aliphatic heterocycles. The van der Waals surface area contributed by atoms with Crippen molar-refractivity contribution in [1.29, 1.82) is 0 Å². The summed E-state index contributed by atoms with van der Waals surface area (Å²) in [6.45, 7) is 2.16. The molecule has 2 aromatic rings. The van der Waals surface area contributed by atoms with Gasteiger partial charge in [0.25, 0.3) is 5.95 Å². The molecule has 2 heterocycles. The molecule has 1 saturated carbocycles. The molecule has 106 valence electrons. The summed E-state index contributed by atoms with van der Waals surface area (Å²) in [5.74, 6) is 1.80.